The largest absolute Gasteiger partial charge is 0.352 e. The number of sulfonamides is 1. The van der Waals surface area contributed by atoms with Gasteiger partial charge < -0.3 is 5.32 Å². The summed E-state index contributed by atoms with van der Waals surface area (Å²) in [6.07, 6.45) is 5.20. The van der Waals surface area contributed by atoms with E-state index in [0.717, 1.165) is 44.1 Å². The van der Waals surface area contributed by atoms with Crippen LogP contribution in [0.15, 0.2) is 42.5 Å². The molecule has 170 valence electrons. The number of unbranched alkanes of at least 4 members (excludes halogenated alkanes) is 1. The van der Waals surface area contributed by atoms with E-state index in [4.69, 9.17) is 0 Å². The van der Waals surface area contributed by atoms with Gasteiger partial charge in [0.2, 0.25) is 10.0 Å². The molecule has 2 rings (SSSR count). The third-order valence-electron chi connectivity index (χ3n) is 5.22. The van der Waals surface area contributed by atoms with Crippen LogP contribution in [0.1, 0.15) is 55.5 Å². The fourth-order valence-electron chi connectivity index (χ4n) is 3.30. The molecule has 0 spiro atoms. The van der Waals surface area contributed by atoms with Gasteiger partial charge in [-0.1, -0.05) is 51.3 Å². The fraction of sp³-hybridized carbons (Fsp3) is 0.435. The first-order chi connectivity index (χ1) is 14.7. The SMILES string of the molecule is CCCCC(CC)CNC(=O)c1ccc(CN(c2c(F)cccc2F)S(C)(=O)=O)cc1. The second-order valence-electron chi connectivity index (χ2n) is 7.66. The lowest BCUT2D eigenvalue weighted by molar-refractivity contribution is 0.0946. The van der Waals surface area contributed by atoms with Gasteiger partial charge in [0, 0.05) is 12.1 Å². The van der Waals surface area contributed by atoms with Gasteiger partial charge in [-0.25, -0.2) is 17.2 Å². The van der Waals surface area contributed by atoms with E-state index >= 15 is 0 Å². The van der Waals surface area contributed by atoms with E-state index in [9.17, 15) is 22.0 Å². The Labute approximate surface area is 183 Å². The van der Waals surface area contributed by atoms with E-state index in [2.05, 4.69) is 19.2 Å². The Balaban J connectivity index is 2.12. The standard InChI is InChI=1S/C23H30F2N2O3S/c1-4-6-8-17(5-2)15-26-23(28)19-13-11-18(12-14-19)16-27(31(3,29)30)22-20(24)9-7-10-21(22)25/h7,9-14,17H,4-6,8,15-16H2,1-3H3,(H,26,28). The molecule has 31 heavy (non-hydrogen) atoms. The average Bonchev–Trinajstić information content (AvgIpc) is 2.72. The van der Waals surface area contributed by atoms with Crippen LogP contribution in [-0.2, 0) is 16.6 Å². The summed E-state index contributed by atoms with van der Waals surface area (Å²) in [5.74, 6) is -1.70. The Kier molecular flexibility index (Phi) is 8.98. The Morgan fingerprint density at radius 2 is 1.68 bits per heavy atom. The van der Waals surface area contributed by atoms with Gasteiger partial charge >= 0.3 is 0 Å². The zero-order valence-corrected chi connectivity index (χ0v) is 19.0. The number of hydrogen-bond acceptors (Lipinski definition) is 3. The number of rotatable bonds is 11. The highest BCUT2D eigenvalue weighted by Crippen LogP contribution is 2.27. The Bertz CT molecular complexity index is 959. The van der Waals surface area contributed by atoms with Gasteiger partial charge in [-0.2, -0.15) is 0 Å². The van der Waals surface area contributed by atoms with Crippen molar-refractivity contribution in [3.05, 3.63) is 65.2 Å². The normalized spacial score (nSPS) is 12.4. The molecule has 2 aromatic carbocycles. The van der Waals surface area contributed by atoms with Crippen molar-refractivity contribution >= 4 is 21.6 Å². The van der Waals surface area contributed by atoms with Crippen LogP contribution in [0, 0.1) is 17.6 Å². The lowest BCUT2D eigenvalue weighted by Crippen LogP contribution is -2.31. The van der Waals surface area contributed by atoms with Crippen LogP contribution in [0.3, 0.4) is 0 Å². The molecule has 2 aromatic rings. The Morgan fingerprint density at radius 1 is 1.06 bits per heavy atom. The number of halogens is 2. The van der Waals surface area contributed by atoms with Crippen LogP contribution >= 0.6 is 0 Å². The summed E-state index contributed by atoms with van der Waals surface area (Å²) in [6.45, 7) is 4.59. The summed E-state index contributed by atoms with van der Waals surface area (Å²) >= 11 is 0. The molecule has 0 aliphatic carbocycles. The molecule has 8 heteroatoms. The molecule has 0 aromatic heterocycles. The molecule has 0 saturated heterocycles. The first-order valence-electron chi connectivity index (χ1n) is 10.5. The maximum Gasteiger partial charge on any atom is 0.251 e. The van der Waals surface area contributed by atoms with Crippen molar-refractivity contribution in [1.82, 2.24) is 5.32 Å². The number of anilines is 1. The summed E-state index contributed by atoms with van der Waals surface area (Å²) in [4.78, 5) is 12.4. The minimum atomic E-state index is -3.94. The van der Waals surface area contributed by atoms with Crippen molar-refractivity contribution in [1.29, 1.82) is 0 Å². The monoisotopic (exact) mass is 452 g/mol. The van der Waals surface area contributed by atoms with Crippen molar-refractivity contribution in [2.75, 3.05) is 17.1 Å². The molecule has 1 amide bonds. The Morgan fingerprint density at radius 3 is 2.19 bits per heavy atom. The molecule has 0 radical (unpaired) electrons. The highest BCUT2D eigenvalue weighted by molar-refractivity contribution is 7.92. The first kappa shape index (κ1) is 24.8. The molecule has 0 bridgehead atoms. The van der Waals surface area contributed by atoms with Gasteiger partial charge in [0.15, 0.2) is 11.6 Å². The predicted molar refractivity (Wildman–Crippen MR) is 119 cm³/mol. The summed E-state index contributed by atoms with van der Waals surface area (Å²) in [5, 5.41) is 2.94. The molecule has 0 aliphatic heterocycles. The molecule has 0 fully saturated rings. The summed E-state index contributed by atoms with van der Waals surface area (Å²) in [7, 11) is -3.94. The number of nitrogens with zero attached hydrogens (tertiary/aromatic N) is 1. The van der Waals surface area contributed by atoms with E-state index in [-0.39, 0.29) is 12.5 Å². The van der Waals surface area contributed by atoms with Crippen molar-refractivity contribution in [2.45, 2.75) is 46.1 Å². The molecule has 0 saturated carbocycles. The van der Waals surface area contributed by atoms with E-state index < -0.39 is 27.3 Å². The second kappa shape index (κ2) is 11.2. The molecular formula is C23H30F2N2O3S. The molecular weight excluding hydrogens is 422 g/mol. The number of carbonyl (C=O) groups excluding carboxylic acids is 1. The zero-order chi connectivity index (χ0) is 23.0. The number of para-hydroxylation sites is 1. The topological polar surface area (TPSA) is 66.5 Å². The van der Waals surface area contributed by atoms with E-state index in [1.54, 1.807) is 24.3 Å². The smallest absolute Gasteiger partial charge is 0.251 e. The fourth-order valence-corrected chi connectivity index (χ4v) is 4.19. The van der Waals surface area contributed by atoms with E-state index in [1.807, 2.05) is 0 Å². The van der Waals surface area contributed by atoms with Crippen LogP contribution in [0.4, 0.5) is 14.5 Å². The number of nitrogens with one attached hydrogen (secondary N) is 1. The predicted octanol–water partition coefficient (Wildman–Crippen LogP) is 4.88. The lowest BCUT2D eigenvalue weighted by atomic mass is 9.99. The molecule has 5 nitrogen and oxygen atoms in total. The minimum absolute atomic E-state index is 0.207. The highest BCUT2D eigenvalue weighted by atomic mass is 32.2. The van der Waals surface area contributed by atoms with Gasteiger partial charge in [-0.15, -0.1) is 0 Å². The van der Waals surface area contributed by atoms with Crippen LogP contribution < -0.4 is 9.62 Å². The average molecular weight is 453 g/mol. The summed E-state index contributed by atoms with van der Waals surface area (Å²) in [6, 6.07) is 9.52. The quantitative estimate of drug-likeness (QED) is 0.529. The van der Waals surface area contributed by atoms with Gasteiger partial charge in [0.1, 0.15) is 5.69 Å². The van der Waals surface area contributed by atoms with Crippen molar-refractivity contribution in [2.24, 2.45) is 5.92 Å². The minimum Gasteiger partial charge on any atom is -0.352 e. The molecule has 1 atom stereocenters. The highest BCUT2D eigenvalue weighted by Gasteiger charge is 2.24. The van der Waals surface area contributed by atoms with Gasteiger partial charge in [0.25, 0.3) is 5.91 Å². The van der Waals surface area contributed by atoms with E-state index in [1.165, 1.54) is 6.07 Å². The third kappa shape index (κ3) is 7.02. The van der Waals surface area contributed by atoms with Crippen LogP contribution in [-0.4, -0.2) is 27.1 Å². The maximum atomic E-state index is 14.2. The molecule has 0 heterocycles. The maximum absolute atomic E-state index is 14.2. The third-order valence-corrected chi connectivity index (χ3v) is 6.34. The molecule has 1 N–H and O–H groups in total. The number of amides is 1. The number of hydrogen-bond donors (Lipinski definition) is 1. The van der Waals surface area contributed by atoms with Crippen LogP contribution in [0.25, 0.3) is 0 Å². The first-order valence-corrected chi connectivity index (χ1v) is 12.3. The second-order valence-corrected chi connectivity index (χ2v) is 9.57. The molecule has 1 unspecified atom stereocenters. The van der Waals surface area contributed by atoms with Crippen LogP contribution in [0.5, 0.6) is 0 Å². The summed E-state index contributed by atoms with van der Waals surface area (Å²) in [5.41, 5.74) is 0.320. The van der Waals surface area contributed by atoms with Gasteiger partial charge in [-0.05, 0) is 42.2 Å². The number of benzene rings is 2. The Hall–Kier alpha value is -2.48. The molecule has 0 aliphatic rings. The van der Waals surface area contributed by atoms with Crippen molar-refractivity contribution in [3.8, 4) is 0 Å². The van der Waals surface area contributed by atoms with Crippen molar-refractivity contribution in [3.63, 3.8) is 0 Å². The van der Waals surface area contributed by atoms with Gasteiger partial charge in [-0.3, -0.25) is 9.10 Å². The lowest BCUT2D eigenvalue weighted by Gasteiger charge is -2.23. The summed E-state index contributed by atoms with van der Waals surface area (Å²) < 4.78 is 53.4. The zero-order valence-electron chi connectivity index (χ0n) is 18.2. The number of carbonyl (C=O) groups is 1. The van der Waals surface area contributed by atoms with Crippen LogP contribution in [0.2, 0.25) is 0 Å². The van der Waals surface area contributed by atoms with Crippen molar-refractivity contribution < 1.29 is 22.0 Å². The van der Waals surface area contributed by atoms with Gasteiger partial charge in [0.05, 0.1) is 12.8 Å². The van der Waals surface area contributed by atoms with E-state index in [0.29, 0.717) is 27.9 Å².